The molecule has 500 valence electrons. The van der Waals surface area contributed by atoms with E-state index in [4.69, 9.17) is 42.6 Å². The van der Waals surface area contributed by atoms with Crippen molar-refractivity contribution in [3.63, 3.8) is 0 Å². The van der Waals surface area contributed by atoms with E-state index in [1.54, 1.807) is 76.6 Å². The van der Waals surface area contributed by atoms with Crippen molar-refractivity contribution < 1.29 is 76.8 Å². The summed E-state index contributed by atoms with van der Waals surface area (Å²) in [6.07, 6.45) is 0.996. The van der Waals surface area contributed by atoms with Gasteiger partial charge in [0.15, 0.2) is 52.8 Å². The fraction of sp³-hybridized carbons (Fsp3) is 0.403. The molecule has 6 aromatic rings. The third-order valence-electron chi connectivity index (χ3n) is 21.7. The van der Waals surface area contributed by atoms with Gasteiger partial charge in [-0.25, -0.2) is 4.79 Å². The Morgan fingerprint density at radius 2 is 1.01 bits per heavy atom. The van der Waals surface area contributed by atoms with E-state index in [9.17, 15) is 44.7 Å². The van der Waals surface area contributed by atoms with Gasteiger partial charge in [0.2, 0.25) is 13.6 Å². The molecular weight excluding hydrogens is 1250 g/mol. The molecule has 0 aromatic heterocycles. The molecule has 10 atom stereocenters. The van der Waals surface area contributed by atoms with Crippen LogP contribution in [0.2, 0.25) is 0 Å². The van der Waals surface area contributed by atoms with E-state index < -0.39 is 66.0 Å². The molecule has 10 heterocycles. The van der Waals surface area contributed by atoms with Crippen molar-refractivity contribution in [2.75, 3.05) is 75.9 Å². The molecule has 5 amide bonds. The van der Waals surface area contributed by atoms with Crippen LogP contribution in [-0.2, 0) is 30.4 Å². The monoisotopic (exact) mass is 1320 g/mol. The van der Waals surface area contributed by atoms with E-state index in [-0.39, 0.29) is 81.3 Å². The molecule has 0 spiro atoms. The van der Waals surface area contributed by atoms with Crippen molar-refractivity contribution in [3.8, 4) is 69.6 Å². The summed E-state index contributed by atoms with van der Waals surface area (Å²) in [5, 5.41) is 47.9. The molecule has 4 bridgehead atoms. The summed E-state index contributed by atoms with van der Waals surface area (Å²) >= 11 is 0. The normalized spacial score (nSPS) is 25.0. The molecule has 0 saturated carbocycles. The number of nitrogens with zero attached hydrogens (tertiary/aromatic N) is 8. The zero-order valence-corrected chi connectivity index (χ0v) is 55.1. The average Bonchev–Trinajstić information content (AvgIpc) is 1.20. The number of fused-ring (bicyclic) bond motifs is 20. The maximum Gasteiger partial charge on any atom is 0.412 e. The highest BCUT2D eigenvalue weighted by Gasteiger charge is 2.60. The van der Waals surface area contributed by atoms with Crippen molar-refractivity contribution in [1.82, 2.24) is 34.7 Å². The lowest BCUT2D eigenvalue weighted by atomic mass is 9.71. The minimum atomic E-state index is -0.765. The van der Waals surface area contributed by atoms with Gasteiger partial charge in [-0.2, -0.15) is 10.5 Å². The topological polar surface area (TPSA) is 288 Å². The van der Waals surface area contributed by atoms with E-state index >= 15 is 0 Å². The van der Waals surface area contributed by atoms with Crippen molar-refractivity contribution in [2.24, 2.45) is 0 Å². The van der Waals surface area contributed by atoms with Crippen LogP contribution in [0.1, 0.15) is 132 Å². The lowest BCUT2D eigenvalue weighted by Crippen LogP contribution is -2.69. The Morgan fingerprint density at radius 3 is 1.48 bits per heavy atom. The van der Waals surface area contributed by atoms with E-state index in [2.05, 4.69) is 43.1 Å². The standard InChI is InChI=1S/C36H35N5O8.C36H36N4O8/c1-16-10-18-11-22-24(13-37)41-23(28(39(22)4)26(18)29(42)30(16)46-5)12-21-27(33-32(47-15-48-33)17(2)31(21)49-36(45)38-3)25(41)14-40-34(43)19-8-6-7-9-20(19)35(40)44;1-17-10-19-11-23-25(13-37)40-24(29(38(23)3)27(19)33(31(17)45-5)46-15-44-4)12-22-28(34-32(47-16-48-34)18(2)30(22)41)26(40)14-39-35(42)20-8-6-7-9-21(20)36(39)43/h6-10,22-25,28,42H,11-12,14-15H2,1-5H3,(H,38,45);6-10,23-26,29,41H,11-12,14-16H2,1-5H3/t22-,23?,24?,25-,28-;23-,24?,25?,26-,29-/m00/s1. The number of phenols is 2. The molecule has 97 heavy (non-hydrogen) atoms. The average molecular weight is 1320 g/mol. The Hall–Kier alpha value is -10.2. The third kappa shape index (κ3) is 9.08. The fourth-order valence-electron chi connectivity index (χ4n) is 17.7. The molecule has 10 aliphatic heterocycles. The third-order valence-corrected chi connectivity index (χ3v) is 21.7. The maximum atomic E-state index is 13.8. The highest BCUT2D eigenvalue weighted by molar-refractivity contribution is 6.22. The van der Waals surface area contributed by atoms with Gasteiger partial charge >= 0.3 is 6.09 Å². The Balaban J connectivity index is 0.000000159. The second-order valence-corrected chi connectivity index (χ2v) is 26.2. The first kappa shape index (κ1) is 62.9. The van der Waals surface area contributed by atoms with Crippen molar-refractivity contribution in [2.45, 2.75) is 114 Å². The van der Waals surface area contributed by atoms with E-state index in [0.29, 0.717) is 121 Å². The summed E-state index contributed by atoms with van der Waals surface area (Å²) in [7, 11) is 10.1. The lowest BCUT2D eigenvalue weighted by molar-refractivity contribution is -0.0766. The Bertz CT molecular complexity index is 4450. The highest BCUT2D eigenvalue weighted by Crippen LogP contribution is 2.61. The Labute approximate surface area is 558 Å². The van der Waals surface area contributed by atoms with E-state index in [1.807, 2.05) is 34.0 Å². The first-order valence-corrected chi connectivity index (χ1v) is 32.2. The van der Waals surface area contributed by atoms with E-state index in [1.165, 1.54) is 24.0 Å². The van der Waals surface area contributed by atoms with Gasteiger partial charge < -0.3 is 58.2 Å². The van der Waals surface area contributed by atoms with Gasteiger partial charge in [-0.3, -0.25) is 48.6 Å². The molecule has 4 unspecified atom stereocenters. The fourth-order valence-corrected chi connectivity index (χ4v) is 17.7. The number of aryl methyl sites for hydroxylation is 2. The number of nitrogens with one attached hydrogen (secondary N) is 1. The minimum absolute atomic E-state index is 0.00990. The van der Waals surface area contributed by atoms with Gasteiger partial charge in [-0.1, -0.05) is 36.4 Å². The SMILES string of the molecule is CNC(=O)Oc1c(C)c2c(c3c1CC1[C@H]4c5c(cc(C)c(OC)c5O)C[C@@H](C(C#N)N1[C@H]3CN1C(=O)c3ccccc3C1=O)N4C)OCO2.COCOc1c(OC)c(C)cc2c1[C@@H]1C3Cc4c(O)c(C)c5c(c4[C@H](CN4C(=O)c6ccccc6C4=O)N3C(C#N)[C@H](C2)N1C)OCO5. The number of rotatable bonds is 10. The van der Waals surface area contributed by atoms with Gasteiger partial charge in [-0.15, -0.1) is 0 Å². The van der Waals surface area contributed by atoms with Crippen molar-refractivity contribution in [1.29, 1.82) is 10.5 Å². The smallest absolute Gasteiger partial charge is 0.412 e. The number of aromatic hydroxyl groups is 2. The number of carbonyl (C=O) groups is 5. The first-order chi connectivity index (χ1) is 46.8. The summed E-state index contributed by atoms with van der Waals surface area (Å²) < 4.78 is 53.0. The molecule has 25 heteroatoms. The van der Waals surface area contributed by atoms with Gasteiger partial charge in [0.25, 0.3) is 23.6 Å². The summed E-state index contributed by atoms with van der Waals surface area (Å²) in [5.41, 5.74) is 10.3. The van der Waals surface area contributed by atoms with Crippen LogP contribution in [0.4, 0.5) is 4.79 Å². The lowest BCUT2D eigenvalue weighted by Gasteiger charge is -2.60. The highest BCUT2D eigenvalue weighted by atomic mass is 16.7. The first-order valence-electron chi connectivity index (χ1n) is 32.2. The van der Waals surface area contributed by atoms with Crippen LogP contribution >= 0.6 is 0 Å². The number of hydrogen-bond acceptors (Lipinski definition) is 22. The van der Waals surface area contributed by atoms with Crippen LogP contribution in [-0.4, -0.2) is 182 Å². The van der Waals surface area contributed by atoms with Crippen LogP contribution in [0.25, 0.3) is 0 Å². The molecular formula is C72H71N9O16. The molecule has 2 fully saturated rings. The number of methoxy groups -OCH3 is 3. The number of hydrogen-bond donors (Lipinski definition) is 3. The van der Waals surface area contributed by atoms with Crippen molar-refractivity contribution >= 4 is 29.7 Å². The Kier molecular flexibility index (Phi) is 15.3. The Morgan fingerprint density at radius 1 is 0.567 bits per heavy atom. The van der Waals surface area contributed by atoms with Crippen LogP contribution in [0.5, 0.6) is 57.5 Å². The number of likely N-dealkylation sites (N-methyl/N-ethyl adjacent to an activating group) is 2. The number of phenolic OH excluding ortho intramolecular Hbond substituents is 2. The second-order valence-electron chi connectivity index (χ2n) is 26.2. The zero-order valence-electron chi connectivity index (χ0n) is 55.1. The summed E-state index contributed by atoms with van der Waals surface area (Å²) in [6.45, 7) is 7.17. The predicted octanol–water partition coefficient (Wildman–Crippen LogP) is 7.33. The van der Waals surface area contributed by atoms with Crippen molar-refractivity contribution in [3.05, 3.63) is 150 Å². The molecule has 6 aromatic carbocycles. The minimum Gasteiger partial charge on any atom is -0.507 e. The van der Waals surface area contributed by atoms with Crippen LogP contribution in [0.3, 0.4) is 0 Å². The number of ether oxygens (including phenoxy) is 9. The van der Waals surface area contributed by atoms with Crippen LogP contribution in [0.15, 0.2) is 60.7 Å². The maximum absolute atomic E-state index is 13.8. The second kappa shape index (κ2) is 23.6. The van der Waals surface area contributed by atoms with Crippen LogP contribution in [0, 0.1) is 50.4 Å². The summed E-state index contributed by atoms with van der Waals surface area (Å²) in [6, 6.07) is 17.9. The van der Waals surface area contributed by atoms with Gasteiger partial charge in [0.1, 0.15) is 23.6 Å². The molecule has 0 aliphatic carbocycles. The quantitative estimate of drug-likeness (QED) is 0.0893. The summed E-state index contributed by atoms with van der Waals surface area (Å²) in [4.78, 5) is 79.1. The zero-order chi connectivity index (χ0) is 68.1. The molecule has 25 nitrogen and oxygen atoms in total. The summed E-state index contributed by atoms with van der Waals surface area (Å²) in [5.74, 6) is 2.03. The van der Waals surface area contributed by atoms with E-state index in [0.717, 1.165) is 27.8 Å². The molecule has 10 aliphatic rings. The van der Waals surface area contributed by atoms with Gasteiger partial charge in [0, 0.05) is 95.9 Å². The largest absolute Gasteiger partial charge is 0.507 e. The number of carbonyl (C=O) groups excluding carboxylic acids is 5. The predicted molar refractivity (Wildman–Crippen MR) is 344 cm³/mol. The number of nitriles is 2. The van der Waals surface area contributed by atoms with Crippen LogP contribution < -0.4 is 43.2 Å². The number of benzene rings is 6. The number of piperazine rings is 2. The molecule has 16 rings (SSSR count). The van der Waals surface area contributed by atoms with Gasteiger partial charge in [-0.05, 0) is 114 Å². The number of amides is 5. The van der Waals surface area contributed by atoms with Gasteiger partial charge in [0.05, 0.1) is 72.8 Å². The number of imide groups is 2. The molecule has 2 saturated heterocycles. The molecule has 0 radical (unpaired) electrons. The molecule has 3 N–H and O–H groups in total.